The molecule has 0 atom stereocenters. The van der Waals surface area contributed by atoms with Gasteiger partial charge in [0.25, 0.3) is 0 Å². The van der Waals surface area contributed by atoms with Crippen LogP contribution in [0.4, 0.5) is 30.2 Å². The summed E-state index contributed by atoms with van der Waals surface area (Å²) in [5.41, 5.74) is 6.97. The fourth-order valence-electron chi connectivity index (χ4n) is 2.10. The van der Waals surface area contributed by atoms with Gasteiger partial charge in [0.05, 0.1) is 16.9 Å². The molecule has 0 spiro atoms. The zero-order valence-corrected chi connectivity index (χ0v) is 10.7. The molecule has 0 aliphatic rings. The zero-order chi connectivity index (χ0) is 15.0. The molecule has 3 nitrogen and oxygen atoms in total. The summed E-state index contributed by atoms with van der Waals surface area (Å²) in [6.07, 6.45) is 1.48. The number of para-hydroxylation sites is 1. The van der Waals surface area contributed by atoms with Crippen molar-refractivity contribution in [1.82, 2.24) is 4.98 Å². The number of hydrogen-bond donors (Lipinski definition) is 2. The molecule has 0 unspecified atom stereocenters. The molecule has 6 heteroatoms. The lowest BCUT2D eigenvalue weighted by molar-refractivity contribution is 0.498. The van der Waals surface area contributed by atoms with Crippen LogP contribution in [-0.2, 0) is 0 Å². The number of nitrogens with two attached hydrogens (primary N) is 1. The van der Waals surface area contributed by atoms with Gasteiger partial charge in [0.15, 0.2) is 11.6 Å². The third-order valence-electron chi connectivity index (χ3n) is 3.06. The molecule has 0 aliphatic heterocycles. The van der Waals surface area contributed by atoms with E-state index >= 15 is 0 Å². The highest BCUT2D eigenvalue weighted by molar-refractivity contribution is 5.98. The molecule has 0 saturated heterocycles. The normalized spacial score (nSPS) is 10.8. The number of pyridine rings is 1. The van der Waals surface area contributed by atoms with E-state index in [1.54, 1.807) is 24.3 Å². The number of aromatic nitrogens is 1. The Labute approximate surface area is 118 Å². The number of nitrogens with zero attached hydrogens (tertiary/aromatic N) is 1. The number of anilines is 3. The first-order valence-electron chi connectivity index (χ1n) is 6.11. The van der Waals surface area contributed by atoms with Crippen molar-refractivity contribution in [2.24, 2.45) is 0 Å². The van der Waals surface area contributed by atoms with Gasteiger partial charge in [0.2, 0.25) is 0 Å². The minimum absolute atomic E-state index is 0.289. The second-order valence-electron chi connectivity index (χ2n) is 4.48. The number of halogens is 3. The minimum Gasteiger partial charge on any atom is -0.397 e. The summed E-state index contributed by atoms with van der Waals surface area (Å²) in [6.45, 7) is 0. The SMILES string of the molecule is Nc1cccc2c(Nc3cc(F)cc(F)c3F)ccnc12. The summed E-state index contributed by atoms with van der Waals surface area (Å²) in [5, 5.41) is 3.30. The summed E-state index contributed by atoms with van der Waals surface area (Å²) < 4.78 is 40.1. The predicted octanol–water partition coefficient (Wildman–Crippen LogP) is 3.98. The molecule has 0 bridgehead atoms. The monoisotopic (exact) mass is 289 g/mol. The Kier molecular flexibility index (Phi) is 3.13. The maximum Gasteiger partial charge on any atom is 0.182 e. The fourth-order valence-corrected chi connectivity index (χ4v) is 2.10. The van der Waals surface area contributed by atoms with E-state index in [9.17, 15) is 13.2 Å². The van der Waals surface area contributed by atoms with E-state index in [4.69, 9.17) is 5.73 Å². The van der Waals surface area contributed by atoms with Crippen LogP contribution in [-0.4, -0.2) is 4.98 Å². The molecule has 3 N–H and O–H groups in total. The van der Waals surface area contributed by atoms with Crippen LogP contribution >= 0.6 is 0 Å². The number of nitrogens with one attached hydrogen (secondary N) is 1. The summed E-state index contributed by atoms with van der Waals surface area (Å²) in [5.74, 6) is -3.27. The van der Waals surface area contributed by atoms with Crippen LogP contribution in [0.5, 0.6) is 0 Å². The molecule has 0 fully saturated rings. The van der Waals surface area contributed by atoms with E-state index in [-0.39, 0.29) is 5.69 Å². The van der Waals surface area contributed by atoms with E-state index < -0.39 is 17.5 Å². The van der Waals surface area contributed by atoms with Crippen LogP contribution in [0.25, 0.3) is 10.9 Å². The molecule has 3 aromatic rings. The van der Waals surface area contributed by atoms with Crippen molar-refractivity contribution in [3.8, 4) is 0 Å². The van der Waals surface area contributed by atoms with Gasteiger partial charge in [-0.1, -0.05) is 12.1 Å². The maximum atomic E-state index is 13.7. The van der Waals surface area contributed by atoms with Crippen LogP contribution in [0.1, 0.15) is 0 Å². The Morgan fingerprint density at radius 3 is 2.62 bits per heavy atom. The minimum atomic E-state index is -1.25. The van der Waals surface area contributed by atoms with Crippen LogP contribution in [0.2, 0.25) is 0 Å². The van der Waals surface area contributed by atoms with Crippen LogP contribution in [0.15, 0.2) is 42.6 Å². The van der Waals surface area contributed by atoms with E-state index in [2.05, 4.69) is 10.3 Å². The molecule has 1 heterocycles. The van der Waals surface area contributed by atoms with E-state index in [1.165, 1.54) is 6.20 Å². The summed E-state index contributed by atoms with van der Waals surface area (Å²) >= 11 is 0. The Balaban J connectivity index is 2.13. The molecule has 0 radical (unpaired) electrons. The zero-order valence-electron chi connectivity index (χ0n) is 10.7. The van der Waals surface area contributed by atoms with Crippen molar-refractivity contribution in [2.75, 3.05) is 11.1 Å². The average Bonchev–Trinajstić information content (AvgIpc) is 2.45. The van der Waals surface area contributed by atoms with E-state index in [0.29, 0.717) is 28.3 Å². The number of rotatable bonds is 2. The topological polar surface area (TPSA) is 50.9 Å². The molecule has 3 rings (SSSR count). The lowest BCUT2D eigenvalue weighted by Crippen LogP contribution is -1.99. The summed E-state index contributed by atoms with van der Waals surface area (Å²) in [4.78, 5) is 4.13. The Morgan fingerprint density at radius 2 is 1.81 bits per heavy atom. The van der Waals surface area contributed by atoms with Gasteiger partial charge in [0.1, 0.15) is 5.82 Å². The number of benzene rings is 2. The molecular weight excluding hydrogens is 279 g/mol. The molecule has 0 saturated carbocycles. The van der Waals surface area contributed by atoms with Gasteiger partial charge in [0, 0.05) is 29.4 Å². The first-order valence-corrected chi connectivity index (χ1v) is 6.11. The highest BCUT2D eigenvalue weighted by Gasteiger charge is 2.12. The van der Waals surface area contributed by atoms with Crippen LogP contribution < -0.4 is 11.1 Å². The Hall–Kier alpha value is -2.76. The van der Waals surface area contributed by atoms with Crippen LogP contribution in [0.3, 0.4) is 0 Å². The Morgan fingerprint density at radius 1 is 1.00 bits per heavy atom. The predicted molar refractivity (Wildman–Crippen MR) is 75.8 cm³/mol. The standard InChI is InChI=1S/C15H10F3N3/c16-8-6-10(17)14(18)13(7-8)21-12-4-5-20-15-9(12)2-1-3-11(15)19/h1-7H,19H2,(H,20,21). The van der Waals surface area contributed by atoms with Gasteiger partial charge in [-0.05, 0) is 12.1 Å². The summed E-state index contributed by atoms with van der Waals surface area (Å²) in [6, 6.07) is 8.08. The summed E-state index contributed by atoms with van der Waals surface area (Å²) in [7, 11) is 0. The molecule has 0 aliphatic carbocycles. The van der Waals surface area contributed by atoms with Crippen molar-refractivity contribution in [2.45, 2.75) is 0 Å². The maximum absolute atomic E-state index is 13.7. The molecule has 0 amide bonds. The van der Waals surface area contributed by atoms with Gasteiger partial charge in [-0.25, -0.2) is 13.2 Å². The van der Waals surface area contributed by atoms with Crippen LogP contribution in [0, 0.1) is 17.5 Å². The quantitative estimate of drug-likeness (QED) is 0.554. The van der Waals surface area contributed by atoms with Crippen molar-refractivity contribution in [1.29, 1.82) is 0 Å². The number of fused-ring (bicyclic) bond motifs is 1. The van der Waals surface area contributed by atoms with Gasteiger partial charge < -0.3 is 11.1 Å². The largest absolute Gasteiger partial charge is 0.397 e. The first-order chi connectivity index (χ1) is 10.1. The van der Waals surface area contributed by atoms with Gasteiger partial charge in [-0.2, -0.15) is 0 Å². The third kappa shape index (κ3) is 2.35. The van der Waals surface area contributed by atoms with Gasteiger partial charge in [-0.3, -0.25) is 4.98 Å². The van der Waals surface area contributed by atoms with Gasteiger partial charge in [-0.15, -0.1) is 0 Å². The highest BCUT2D eigenvalue weighted by atomic mass is 19.2. The van der Waals surface area contributed by atoms with Gasteiger partial charge >= 0.3 is 0 Å². The highest BCUT2D eigenvalue weighted by Crippen LogP contribution is 2.29. The molecule has 2 aromatic carbocycles. The first kappa shape index (κ1) is 13.2. The average molecular weight is 289 g/mol. The van der Waals surface area contributed by atoms with Crippen molar-refractivity contribution >= 4 is 28.0 Å². The third-order valence-corrected chi connectivity index (χ3v) is 3.06. The lowest BCUT2D eigenvalue weighted by atomic mass is 10.1. The smallest absolute Gasteiger partial charge is 0.182 e. The van der Waals surface area contributed by atoms with Crippen molar-refractivity contribution in [3.63, 3.8) is 0 Å². The Bertz CT molecular complexity index is 834. The van der Waals surface area contributed by atoms with E-state index in [0.717, 1.165) is 6.07 Å². The molecule has 1 aromatic heterocycles. The lowest BCUT2D eigenvalue weighted by Gasteiger charge is -2.11. The van der Waals surface area contributed by atoms with E-state index in [1.807, 2.05) is 0 Å². The molecule has 21 heavy (non-hydrogen) atoms. The fraction of sp³-hybridized carbons (Fsp3) is 0. The molecule has 106 valence electrons. The second-order valence-corrected chi connectivity index (χ2v) is 4.48. The number of nitrogen functional groups attached to an aromatic ring is 1. The second kappa shape index (κ2) is 4.97. The molecular formula is C15H10F3N3. The number of hydrogen-bond acceptors (Lipinski definition) is 3. The van der Waals surface area contributed by atoms with Crippen molar-refractivity contribution in [3.05, 3.63) is 60.0 Å². The van der Waals surface area contributed by atoms with Crippen molar-refractivity contribution < 1.29 is 13.2 Å².